The average Bonchev–Trinajstić information content (AvgIpc) is 3.29. The summed E-state index contributed by atoms with van der Waals surface area (Å²) in [4.78, 5) is 37.7. The number of rotatable bonds is 52. The van der Waals surface area contributed by atoms with Gasteiger partial charge in [-0.3, -0.25) is 14.4 Å². The van der Waals surface area contributed by atoms with Gasteiger partial charge in [0.2, 0.25) is 0 Å². The monoisotopic (exact) mass is 901 g/mol. The van der Waals surface area contributed by atoms with E-state index in [-0.39, 0.29) is 31.1 Å². The zero-order valence-electron chi connectivity index (χ0n) is 43.1. The average molecular weight is 901 g/mol. The van der Waals surface area contributed by atoms with Crippen LogP contribution in [0, 0.1) is 0 Å². The molecule has 0 aromatic heterocycles. The molecule has 0 spiro atoms. The zero-order chi connectivity index (χ0) is 46.5. The van der Waals surface area contributed by atoms with Gasteiger partial charge in [0.15, 0.2) is 6.10 Å². The lowest BCUT2D eigenvalue weighted by Gasteiger charge is -2.18. The summed E-state index contributed by atoms with van der Waals surface area (Å²) in [7, 11) is 0. The number of allylic oxidation sites excluding steroid dienone is 4. The number of hydrogen-bond acceptors (Lipinski definition) is 6. The van der Waals surface area contributed by atoms with Gasteiger partial charge in [-0.15, -0.1) is 0 Å². The lowest BCUT2D eigenvalue weighted by Crippen LogP contribution is -2.30. The molecule has 1 atom stereocenters. The zero-order valence-corrected chi connectivity index (χ0v) is 43.1. The summed E-state index contributed by atoms with van der Waals surface area (Å²) < 4.78 is 16.7. The molecule has 0 saturated carbocycles. The first kappa shape index (κ1) is 61.9. The fourth-order valence-corrected chi connectivity index (χ4v) is 8.42. The summed E-state index contributed by atoms with van der Waals surface area (Å²) in [5.74, 6) is -0.862. The normalized spacial score (nSPS) is 12.1. The van der Waals surface area contributed by atoms with Gasteiger partial charge in [0.25, 0.3) is 0 Å². The predicted octanol–water partition coefficient (Wildman–Crippen LogP) is 18.7. The Morgan fingerprint density at radius 2 is 0.562 bits per heavy atom. The van der Waals surface area contributed by atoms with Crippen LogP contribution in [0.5, 0.6) is 0 Å². The van der Waals surface area contributed by atoms with Crippen molar-refractivity contribution >= 4 is 17.9 Å². The molecule has 0 aromatic rings. The van der Waals surface area contributed by atoms with Crippen molar-refractivity contribution < 1.29 is 28.6 Å². The number of hydrogen-bond donors (Lipinski definition) is 0. The fourth-order valence-electron chi connectivity index (χ4n) is 8.42. The molecule has 376 valence electrons. The van der Waals surface area contributed by atoms with Crippen LogP contribution in [0.4, 0.5) is 0 Å². The molecule has 0 radical (unpaired) electrons. The summed E-state index contributed by atoms with van der Waals surface area (Å²) in [6, 6.07) is 0. The number of unbranched alkanes of at least 4 members (excludes halogenated alkanes) is 37. The van der Waals surface area contributed by atoms with Crippen molar-refractivity contribution in [2.45, 2.75) is 316 Å². The Kier molecular flexibility index (Phi) is 51.7. The van der Waals surface area contributed by atoms with E-state index >= 15 is 0 Å². The van der Waals surface area contributed by atoms with Crippen molar-refractivity contribution in [1.29, 1.82) is 0 Å². The molecule has 64 heavy (non-hydrogen) atoms. The van der Waals surface area contributed by atoms with Crippen LogP contribution in [0.25, 0.3) is 0 Å². The van der Waals surface area contributed by atoms with Crippen LogP contribution in [0.3, 0.4) is 0 Å². The van der Waals surface area contributed by atoms with Crippen molar-refractivity contribution in [2.24, 2.45) is 0 Å². The summed E-state index contributed by atoms with van der Waals surface area (Å²) in [5, 5.41) is 0. The molecule has 0 fully saturated rings. The molecule has 0 aliphatic carbocycles. The maximum atomic E-state index is 12.7. The van der Waals surface area contributed by atoms with Crippen LogP contribution in [0.1, 0.15) is 310 Å². The molecular formula is C58H108O6. The Bertz CT molecular complexity index is 1040. The minimum absolute atomic E-state index is 0.0660. The summed E-state index contributed by atoms with van der Waals surface area (Å²) >= 11 is 0. The molecule has 1 unspecified atom stereocenters. The quantitative estimate of drug-likeness (QED) is 0.0262. The SMILES string of the molecule is CCCCCCC/C=C\C/C=C\CCCCCCCCCCCCCCCCCCCC(=O)OCC(COC(=O)CCCCCCCC)OC(=O)CCCCCCCCCCCCC. The Hall–Kier alpha value is -2.11. The highest BCUT2D eigenvalue weighted by atomic mass is 16.6. The van der Waals surface area contributed by atoms with E-state index in [9.17, 15) is 14.4 Å². The van der Waals surface area contributed by atoms with Gasteiger partial charge in [-0.1, -0.05) is 263 Å². The largest absolute Gasteiger partial charge is 0.462 e. The van der Waals surface area contributed by atoms with Crippen molar-refractivity contribution in [3.8, 4) is 0 Å². The minimum atomic E-state index is -0.761. The molecule has 6 heteroatoms. The Morgan fingerprint density at radius 1 is 0.312 bits per heavy atom. The Balaban J connectivity index is 3.94. The number of esters is 3. The number of ether oxygens (including phenoxy) is 3. The molecular weight excluding hydrogens is 793 g/mol. The van der Waals surface area contributed by atoms with E-state index in [1.807, 2.05) is 0 Å². The van der Waals surface area contributed by atoms with E-state index in [2.05, 4.69) is 45.1 Å². The van der Waals surface area contributed by atoms with Crippen LogP contribution in [0.15, 0.2) is 24.3 Å². The van der Waals surface area contributed by atoms with Gasteiger partial charge in [-0.25, -0.2) is 0 Å². The van der Waals surface area contributed by atoms with Crippen molar-refractivity contribution in [3.63, 3.8) is 0 Å². The van der Waals surface area contributed by atoms with E-state index in [0.717, 1.165) is 64.2 Å². The van der Waals surface area contributed by atoms with Crippen LogP contribution < -0.4 is 0 Å². The maximum Gasteiger partial charge on any atom is 0.306 e. The second-order valence-electron chi connectivity index (χ2n) is 19.2. The number of carbonyl (C=O) groups excluding carboxylic acids is 3. The van der Waals surface area contributed by atoms with Crippen LogP contribution >= 0.6 is 0 Å². The van der Waals surface area contributed by atoms with E-state index in [0.29, 0.717) is 19.3 Å². The van der Waals surface area contributed by atoms with Gasteiger partial charge >= 0.3 is 17.9 Å². The third-order valence-corrected chi connectivity index (χ3v) is 12.7. The van der Waals surface area contributed by atoms with E-state index in [1.165, 1.54) is 205 Å². The fraction of sp³-hybridized carbons (Fsp3) is 0.879. The van der Waals surface area contributed by atoms with Crippen LogP contribution in [0.2, 0.25) is 0 Å². The van der Waals surface area contributed by atoms with Gasteiger partial charge in [0, 0.05) is 19.3 Å². The van der Waals surface area contributed by atoms with Crippen LogP contribution in [-0.2, 0) is 28.6 Å². The molecule has 0 rings (SSSR count). The van der Waals surface area contributed by atoms with Crippen LogP contribution in [-0.4, -0.2) is 37.2 Å². The van der Waals surface area contributed by atoms with Gasteiger partial charge in [-0.05, 0) is 51.4 Å². The molecule has 6 nitrogen and oxygen atoms in total. The molecule has 0 amide bonds. The first-order valence-electron chi connectivity index (χ1n) is 28.3. The second-order valence-corrected chi connectivity index (χ2v) is 19.2. The van der Waals surface area contributed by atoms with Crippen molar-refractivity contribution in [2.75, 3.05) is 13.2 Å². The summed E-state index contributed by atoms with van der Waals surface area (Å²) in [5.41, 5.74) is 0. The van der Waals surface area contributed by atoms with E-state index in [4.69, 9.17) is 14.2 Å². The topological polar surface area (TPSA) is 78.9 Å². The van der Waals surface area contributed by atoms with E-state index < -0.39 is 6.10 Å². The maximum absolute atomic E-state index is 12.7. The Morgan fingerprint density at radius 3 is 0.859 bits per heavy atom. The number of carbonyl (C=O) groups is 3. The smallest absolute Gasteiger partial charge is 0.306 e. The van der Waals surface area contributed by atoms with Gasteiger partial charge in [0.1, 0.15) is 13.2 Å². The van der Waals surface area contributed by atoms with Crippen molar-refractivity contribution in [3.05, 3.63) is 24.3 Å². The predicted molar refractivity (Wildman–Crippen MR) is 275 cm³/mol. The molecule has 0 heterocycles. The standard InChI is InChI=1S/C58H108O6/c1-4-7-10-13-16-18-20-21-22-23-24-25-26-27-28-29-30-31-32-33-34-35-36-37-39-40-42-45-48-51-57(60)63-54-55(53-62-56(59)50-47-44-15-12-9-6-3)64-58(61)52-49-46-43-41-38-19-17-14-11-8-5-2/h20-21,23-24,55H,4-19,22,25-54H2,1-3H3/b21-20-,24-23-. The second kappa shape index (κ2) is 53.5. The van der Waals surface area contributed by atoms with Gasteiger partial charge in [-0.2, -0.15) is 0 Å². The molecule has 0 aliphatic heterocycles. The molecule has 0 saturated heterocycles. The lowest BCUT2D eigenvalue weighted by molar-refractivity contribution is -0.167. The van der Waals surface area contributed by atoms with E-state index in [1.54, 1.807) is 0 Å². The third kappa shape index (κ3) is 50.9. The highest BCUT2D eigenvalue weighted by Crippen LogP contribution is 2.17. The first-order valence-corrected chi connectivity index (χ1v) is 28.3. The third-order valence-electron chi connectivity index (χ3n) is 12.7. The summed E-state index contributed by atoms with van der Waals surface area (Å²) in [6.45, 7) is 6.59. The molecule has 0 bridgehead atoms. The highest BCUT2D eigenvalue weighted by Gasteiger charge is 2.19. The molecule has 0 N–H and O–H groups in total. The highest BCUT2D eigenvalue weighted by molar-refractivity contribution is 5.71. The van der Waals surface area contributed by atoms with Crippen molar-refractivity contribution in [1.82, 2.24) is 0 Å². The van der Waals surface area contributed by atoms with Gasteiger partial charge < -0.3 is 14.2 Å². The van der Waals surface area contributed by atoms with Gasteiger partial charge in [0.05, 0.1) is 0 Å². The molecule has 0 aliphatic rings. The first-order chi connectivity index (χ1) is 31.5. The Labute approximate surface area is 398 Å². The minimum Gasteiger partial charge on any atom is -0.462 e. The molecule has 0 aromatic carbocycles. The summed E-state index contributed by atoms with van der Waals surface area (Å²) in [6.07, 6.45) is 62.2. The lowest BCUT2D eigenvalue weighted by atomic mass is 10.0.